The number of likely N-dealkylation sites (tertiary alicyclic amines) is 1. The highest BCUT2D eigenvalue weighted by atomic mass is 79.9. The fraction of sp³-hybridized carbons (Fsp3) is 0.500. The van der Waals surface area contributed by atoms with Crippen LogP contribution in [-0.4, -0.2) is 36.5 Å². The zero-order chi connectivity index (χ0) is 13.8. The maximum Gasteiger partial charge on any atom is 0.254 e. The molecule has 1 aliphatic heterocycles. The molecule has 1 unspecified atom stereocenters. The van der Waals surface area contributed by atoms with Crippen LogP contribution in [0.2, 0.25) is 0 Å². The molecule has 0 aliphatic carbocycles. The Balaban J connectivity index is 1.90. The van der Waals surface area contributed by atoms with Crippen LogP contribution in [-0.2, 0) is 0 Å². The van der Waals surface area contributed by atoms with Crippen LogP contribution in [0.4, 0.5) is 4.39 Å². The topological polar surface area (TPSA) is 32.3 Å². The van der Waals surface area contributed by atoms with Gasteiger partial charge >= 0.3 is 0 Å². The summed E-state index contributed by atoms with van der Waals surface area (Å²) in [5.41, 5.74) is 0.0943. The van der Waals surface area contributed by atoms with Gasteiger partial charge in [0.1, 0.15) is 5.82 Å². The maximum absolute atomic E-state index is 13.6. The quantitative estimate of drug-likeness (QED) is 0.921. The Morgan fingerprint density at radius 2 is 2.16 bits per heavy atom. The van der Waals surface area contributed by atoms with Crippen LogP contribution < -0.4 is 5.32 Å². The molecule has 0 bridgehead atoms. The highest BCUT2D eigenvalue weighted by Gasteiger charge is 2.19. The number of hydrogen-bond donors (Lipinski definition) is 1. The summed E-state index contributed by atoms with van der Waals surface area (Å²) < 4.78 is 14.3. The molecule has 1 amide bonds. The molecule has 1 saturated heterocycles. The van der Waals surface area contributed by atoms with E-state index in [1.807, 2.05) is 0 Å². The standard InChI is InChI=1S/C14H18BrFN2O/c1-10(18-6-2-3-7-18)9-17-14(19)12-5-4-11(15)8-13(12)16/h4-5,8,10H,2-3,6-7,9H2,1H3,(H,17,19). The van der Waals surface area contributed by atoms with E-state index in [-0.39, 0.29) is 11.5 Å². The fourth-order valence-electron chi connectivity index (χ4n) is 2.32. The fourth-order valence-corrected chi connectivity index (χ4v) is 2.65. The summed E-state index contributed by atoms with van der Waals surface area (Å²) in [6.07, 6.45) is 2.44. The van der Waals surface area contributed by atoms with Crippen molar-refractivity contribution in [2.75, 3.05) is 19.6 Å². The predicted molar refractivity (Wildman–Crippen MR) is 76.7 cm³/mol. The summed E-state index contributed by atoms with van der Waals surface area (Å²) in [6.45, 7) is 4.81. The Hall–Kier alpha value is -0.940. The number of halogens is 2. The van der Waals surface area contributed by atoms with Crippen molar-refractivity contribution in [2.45, 2.75) is 25.8 Å². The van der Waals surface area contributed by atoms with Crippen molar-refractivity contribution in [1.82, 2.24) is 10.2 Å². The Morgan fingerprint density at radius 3 is 2.79 bits per heavy atom. The lowest BCUT2D eigenvalue weighted by atomic mass is 10.2. The minimum absolute atomic E-state index is 0.0943. The van der Waals surface area contributed by atoms with E-state index in [9.17, 15) is 9.18 Å². The normalized spacial score (nSPS) is 17.4. The van der Waals surface area contributed by atoms with Crippen molar-refractivity contribution in [1.29, 1.82) is 0 Å². The SMILES string of the molecule is CC(CNC(=O)c1ccc(Br)cc1F)N1CCCC1. The summed E-state index contributed by atoms with van der Waals surface area (Å²) in [4.78, 5) is 14.3. The molecule has 1 aromatic carbocycles. The molecule has 104 valence electrons. The van der Waals surface area contributed by atoms with Crippen LogP contribution >= 0.6 is 15.9 Å². The first-order valence-corrected chi connectivity index (χ1v) is 7.34. The van der Waals surface area contributed by atoms with Crippen molar-refractivity contribution >= 4 is 21.8 Å². The average molecular weight is 329 g/mol. The molecular formula is C14H18BrFN2O. The van der Waals surface area contributed by atoms with Crippen LogP contribution in [0.5, 0.6) is 0 Å². The third-order valence-corrected chi connectivity index (χ3v) is 3.99. The zero-order valence-electron chi connectivity index (χ0n) is 11.0. The second kappa shape index (κ2) is 6.48. The van der Waals surface area contributed by atoms with Crippen LogP contribution in [0.15, 0.2) is 22.7 Å². The molecule has 3 nitrogen and oxygen atoms in total. The van der Waals surface area contributed by atoms with Crippen molar-refractivity contribution in [3.63, 3.8) is 0 Å². The molecule has 5 heteroatoms. The van der Waals surface area contributed by atoms with Gasteiger partial charge in [-0.1, -0.05) is 15.9 Å². The zero-order valence-corrected chi connectivity index (χ0v) is 12.5. The number of amides is 1. The van der Waals surface area contributed by atoms with E-state index >= 15 is 0 Å². The van der Waals surface area contributed by atoms with Crippen molar-refractivity contribution in [2.24, 2.45) is 0 Å². The van der Waals surface area contributed by atoms with Crippen molar-refractivity contribution in [3.8, 4) is 0 Å². The van der Waals surface area contributed by atoms with Crippen LogP contribution in [0.25, 0.3) is 0 Å². The van der Waals surface area contributed by atoms with Gasteiger partial charge in [-0.3, -0.25) is 9.69 Å². The van der Waals surface area contributed by atoms with Crippen LogP contribution in [0.3, 0.4) is 0 Å². The lowest BCUT2D eigenvalue weighted by Crippen LogP contribution is -2.40. The van der Waals surface area contributed by atoms with Gasteiger partial charge < -0.3 is 5.32 Å². The number of nitrogens with one attached hydrogen (secondary N) is 1. The van der Waals surface area contributed by atoms with Gasteiger partial charge in [0, 0.05) is 17.1 Å². The first-order chi connectivity index (χ1) is 9.08. The summed E-state index contributed by atoms with van der Waals surface area (Å²) >= 11 is 3.17. The summed E-state index contributed by atoms with van der Waals surface area (Å²) in [6, 6.07) is 4.76. The second-order valence-corrected chi connectivity index (χ2v) is 5.84. The molecule has 1 aromatic rings. The molecule has 1 aliphatic rings. The van der Waals surface area contributed by atoms with Crippen molar-refractivity contribution < 1.29 is 9.18 Å². The van der Waals surface area contributed by atoms with Gasteiger partial charge in [0.05, 0.1) is 5.56 Å². The first-order valence-electron chi connectivity index (χ1n) is 6.55. The number of benzene rings is 1. The third-order valence-electron chi connectivity index (χ3n) is 3.50. The number of carbonyl (C=O) groups excluding carboxylic acids is 1. The van der Waals surface area contributed by atoms with E-state index in [2.05, 4.69) is 33.1 Å². The smallest absolute Gasteiger partial charge is 0.254 e. The van der Waals surface area contributed by atoms with E-state index in [1.165, 1.54) is 25.0 Å². The van der Waals surface area contributed by atoms with Gasteiger partial charge in [-0.05, 0) is 51.1 Å². The highest BCUT2D eigenvalue weighted by Crippen LogP contribution is 2.15. The Bertz CT molecular complexity index is 461. The molecule has 1 heterocycles. The molecule has 19 heavy (non-hydrogen) atoms. The minimum atomic E-state index is -0.499. The molecule has 0 radical (unpaired) electrons. The van der Waals surface area contributed by atoms with E-state index in [0.29, 0.717) is 17.1 Å². The lowest BCUT2D eigenvalue weighted by molar-refractivity contribution is 0.0936. The van der Waals surface area contributed by atoms with Crippen LogP contribution in [0.1, 0.15) is 30.1 Å². The van der Waals surface area contributed by atoms with Gasteiger partial charge in [-0.15, -0.1) is 0 Å². The monoisotopic (exact) mass is 328 g/mol. The van der Waals surface area contributed by atoms with E-state index in [1.54, 1.807) is 6.07 Å². The molecule has 1 fully saturated rings. The molecule has 0 aromatic heterocycles. The molecular weight excluding hydrogens is 311 g/mol. The summed E-state index contributed by atoms with van der Waals surface area (Å²) in [5.74, 6) is -0.850. The van der Waals surface area contributed by atoms with Gasteiger partial charge in [-0.25, -0.2) is 4.39 Å². The van der Waals surface area contributed by atoms with Gasteiger partial charge in [0.2, 0.25) is 0 Å². The molecule has 0 saturated carbocycles. The van der Waals surface area contributed by atoms with Gasteiger partial charge in [0.25, 0.3) is 5.91 Å². The Labute approximate surface area is 121 Å². The Kier molecular flexibility index (Phi) is 4.93. The highest BCUT2D eigenvalue weighted by molar-refractivity contribution is 9.10. The summed E-state index contributed by atoms with van der Waals surface area (Å²) in [7, 11) is 0. The molecule has 1 N–H and O–H groups in total. The second-order valence-electron chi connectivity index (χ2n) is 4.93. The number of hydrogen-bond acceptors (Lipinski definition) is 2. The number of rotatable bonds is 4. The minimum Gasteiger partial charge on any atom is -0.350 e. The molecule has 0 spiro atoms. The lowest BCUT2D eigenvalue weighted by Gasteiger charge is -2.23. The third kappa shape index (κ3) is 3.76. The van der Waals surface area contributed by atoms with E-state index in [4.69, 9.17) is 0 Å². The summed E-state index contributed by atoms with van der Waals surface area (Å²) in [5, 5.41) is 2.80. The first kappa shape index (κ1) is 14.5. The van der Waals surface area contributed by atoms with Crippen molar-refractivity contribution in [3.05, 3.63) is 34.1 Å². The van der Waals surface area contributed by atoms with Gasteiger partial charge in [-0.2, -0.15) is 0 Å². The largest absolute Gasteiger partial charge is 0.350 e. The Morgan fingerprint density at radius 1 is 1.47 bits per heavy atom. The van der Waals surface area contributed by atoms with Gasteiger partial charge in [0.15, 0.2) is 0 Å². The molecule has 2 rings (SSSR count). The number of carbonyl (C=O) groups is 1. The van der Waals surface area contributed by atoms with E-state index in [0.717, 1.165) is 13.1 Å². The van der Waals surface area contributed by atoms with Crippen LogP contribution in [0, 0.1) is 5.82 Å². The predicted octanol–water partition coefficient (Wildman–Crippen LogP) is 2.80. The maximum atomic E-state index is 13.6. The number of nitrogens with zero attached hydrogens (tertiary/aromatic N) is 1. The van der Waals surface area contributed by atoms with E-state index < -0.39 is 5.82 Å². The average Bonchev–Trinajstić information content (AvgIpc) is 2.89. The molecule has 1 atom stereocenters.